The minimum absolute atomic E-state index is 0.0363. The van der Waals surface area contributed by atoms with Crippen molar-refractivity contribution in [2.75, 3.05) is 46.3 Å². The molecule has 32 heavy (non-hydrogen) atoms. The van der Waals surface area contributed by atoms with E-state index >= 15 is 0 Å². The molecule has 0 radical (unpaired) electrons. The van der Waals surface area contributed by atoms with Crippen LogP contribution in [-0.2, 0) is 16.1 Å². The molecule has 0 aromatic heterocycles. The summed E-state index contributed by atoms with van der Waals surface area (Å²) in [6.45, 7) is 2.17. The molecule has 1 aliphatic heterocycles. The van der Waals surface area contributed by atoms with Crippen LogP contribution in [0.2, 0.25) is 0 Å². The molecular formula is C24H31N3O5. The number of carbonyl (C=O) groups excluding carboxylic acids is 2. The van der Waals surface area contributed by atoms with Gasteiger partial charge in [0.2, 0.25) is 11.8 Å². The number of nitrogens with zero attached hydrogens (tertiary/aromatic N) is 1. The van der Waals surface area contributed by atoms with Crippen molar-refractivity contribution < 1.29 is 23.8 Å². The summed E-state index contributed by atoms with van der Waals surface area (Å²) in [5, 5.41) is 5.91. The summed E-state index contributed by atoms with van der Waals surface area (Å²) in [6, 6.07) is 12.9. The van der Waals surface area contributed by atoms with E-state index in [0.29, 0.717) is 36.8 Å². The van der Waals surface area contributed by atoms with E-state index in [0.717, 1.165) is 24.2 Å². The number of likely N-dealkylation sites (tertiary alicyclic amines) is 1. The van der Waals surface area contributed by atoms with Crippen LogP contribution in [0.4, 0.5) is 5.69 Å². The van der Waals surface area contributed by atoms with Gasteiger partial charge in [0.1, 0.15) is 5.75 Å². The minimum Gasteiger partial charge on any atom is -0.497 e. The standard InChI is InChI=1S/C24H31N3O5/c1-30-20-6-4-5-17(13-20)15-25-24(29)18-9-11-27(12-10-18)16-23(28)26-19-7-8-21(31-2)22(14-19)32-3/h4-8,13-14,18H,9-12,15-16H2,1-3H3,(H,25,29)(H,26,28). The highest BCUT2D eigenvalue weighted by Gasteiger charge is 2.25. The van der Waals surface area contributed by atoms with Gasteiger partial charge >= 0.3 is 0 Å². The van der Waals surface area contributed by atoms with Crippen LogP contribution >= 0.6 is 0 Å². The highest BCUT2D eigenvalue weighted by Crippen LogP contribution is 2.29. The first-order chi connectivity index (χ1) is 15.5. The Hall–Kier alpha value is -3.26. The SMILES string of the molecule is COc1cccc(CNC(=O)C2CCN(CC(=O)Nc3ccc(OC)c(OC)c3)CC2)c1. The van der Waals surface area contributed by atoms with Crippen LogP contribution in [0, 0.1) is 5.92 Å². The van der Waals surface area contributed by atoms with Crippen molar-refractivity contribution in [2.24, 2.45) is 5.92 Å². The number of hydrogen-bond acceptors (Lipinski definition) is 6. The topological polar surface area (TPSA) is 89.1 Å². The van der Waals surface area contributed by atoms with E-state index in [4.69, 9.17) is 14.2 Å². The fourth-order valence-corrected chi connectivity index (χ4v) is 3.79. The molecule has 1 saturated heterocycles. The molecule has 1 heterocycles. The van der Waals surface area contributed by atoms with Crippen molar-refractivity contribution in [3.63, 3.8) is 0 Å². The van der Waals surface area contributed by atoms with Crippen molar-refractivity contribution in [1.29, 1.82) is 0 Å². The number of anilines is 1. The molecule has 2 aromatic carbocycles. The molecular weight excluding hydrogens is 410 g/mol. The quantitative estimate of drug-likeness (QED) is 0.622. The zero-order chi connectivity index (χ0) is 22.9. The van der Waals surface area contributed by atoms with E-state index in [-0.39, 0.29) is 24.3 Å². The van der Waals surface area contributed by atoms with Crippen LogP contribution in [0.15, 0.2) is 42.5 Å². The summed E-state index contributed by atoms with van der Waals surface area (Å²) in [4.78, 5) is 27.1. The number of carbonyl (C=O) groups is 2. The lowest BCUT2D eigenvalue weighted by Gasteiger charge is -2.30. The minimum atomic E-state index is -0.0989. The van der Waals surface area contributed by atoms with Crippen molar-refractivity contribution in [2.45, 2.75) is 19.4 Å². The second kappa shape index (κ2) is 11.4. The van der Waals surface area contributed by atoms with Crippen molar-refractivity contribution in [3.05, 3.63) is 48.0 Å². The number of hydrogen-bond donors (Lipinski definition) is 2. The molecule has 0 bridgehead atoms. The van der Waals surface area contributed by atoms with Gasteiger partial charge in [-0.15, -0.1) is 0 Å². The molecule has 2 N–H and O–H groups in total. The number of methoxy groups -OCH3 is 3. The van der Waals surface area contributed by atoms with Crippen LogP contribution in [0.5, 0.6) is 17.2 Å². The average Bonchev–Trinajstić information content (AvgIpc) is 2.83. The zero-order valence-electron chi connectivity index (χ0n) is 18.8. The molecule has 0 saturated carbocycles. The maximum absolute atomic E-state index is 12.5. The molecule has 0 spiro atoms. The van der Waals surface area contributed by atoms with Gasteiger partial charge in [0.25, 0.3) is 0 Å². The Morgan fingerprint density at radius 1 is 0.969 bits per heavy atom. The summed E-state index contributed by atoms with van der Waals surface area (Å²) in [5.41, 5.74) is 1.65. The molecule has 2 amide bonds. The molecule has 8 nitrogen and oxygen atoms in total. The third-order valence-corrected chi connectivity index (χ3v) is 5.59. The van der Waals surface area contributed by atoms with Gasteiger partial charge in [0, 0.05) is 24.2 Å². The average molecular weight is 442 g/mol. The molecule has 1 fully saturated rings. The summed E-state index contributed by atoms with van der Waals surface area (Å²) in [5.74, 6) is 1.87. The first-order valence-electron chi connectivity index (χ1n) is 10.7. The molecule has 0 atom stereocenters. The lowest BCUT2D eigenvalue weighted by molar-refractivity contribution is -0.126. The summed E-state index contributed by atoms with van der Waals surface area (Å²) >= 11 is 0. The van der Waals surface area contributed by atoms with Crippen LogP contribution in [0.25, 0.3) is 0 Å². The summed E-state index contributed by atoms with van der Waals surface area (Å²) < 4.78 is 15.7. The van der Waals surface area contributed by atoms with Gasteiger partial charge in [-0.05, 0) is 55.8 Å². The molecule has 1 aliphatic rings. The summed E-state index contributed by atoms with van der Waals surface area (Å²) in [6.07, 6.45) is 1.46. The number of nitrogens with one attached hydrogen (secondary N) is 2. The van der Waals surface area contributed by atoms with Gasteiger partial charge < -0.3 is 24.8 Å². The van der Waals surface area contributed by atoms with Crippen LogP contribution in [0.3, 0.4) is 0 Å². The normalized spacial score (nSPS) is 14.5. The van der Waals surface area contributed by atoms with Gasteiger partial charge in [0.15, 0.2) is 11.5 Å². The number of benzene rings is 2. The third kappa shape index (κ3) is 6.37. The fourth-order valence-electron chi connectivity index (χ4n) is 3.79. The van der Waals surface area contributed by atoms with Gasteiger partial charge in [-0.3, -0.25) is 14.5 Å². The Bertz CT molecular complexity index is 926. The van der Waals surface area contributed by atoms with Crippen LogP contribution in [0.1, 0.15) is 18.4 Å². The smallest absolute Gasteiger partial charge is 0.238 e. The maximum Gasteiger partial charge on any atom is 0.238 e. The summed E-state index contributed by atoms with van der Waals surface area (Å²) in [7, 11) is 4.75. The molecule has 3 rings (SSSR count). The van der Waals surface area contributed by atoms with Gasteiger partial charge in [-0.2, -0.15) is 0 Å². The maximum atomic E-state index is 12.5. The second-order valence-corrected chi connectivity index (χ2v) is 7.74. The lowest BCUT2D eigenvalue weighted by Crippen LogP contribution is -2.43. The largest absolute Gasteiger partial charge is 0.497 e. The molecule has 0 aliphatic carbocycles. The monoisotopic (exact) mass is 441 g/mol. The number of piperidine rings is 1. The van der Waals surface area contributed by atoms with E-state index in [1.54, 1.807) is 39.5 Å². The van der Waals surface area contributed by atoms with E-state index in [1.165, 1.54) is 0 Å². The number of amides is 2. The fraction of sp³-hybridized carbons (Fsp3) is 0.417. The first kappa shape index (κ1) is 23.4. The van der Waals surface area contributed by atoms with Gasteiger partial charge in [0.05, 0.1) is 27.9 Å². The Morgan fingerprint density at radius 3 is 2.41 bits per heavy atom. The van der Waals surface area contributed by atoms with Crippen LogP contribution in [-0.4, -0.2) is 57.7 Å². The van der Waals surface area contributed by atoms with E-state index in [1.807, 2.05) is 24.3 Å². The number of rotatable bonds is 9. The van der Waals surface area contributed by atoms with Gasteiger partial charge in [-0.1, -0.05) is 12.1 Å². The molecule has 0 unspecified atom stereocenters. The third-order valence-electron chi connectivity index (χ3n) is 5.59. The predicted molar refractivity (Wildman–Crippen MR) is 122 cm³/mol. The van der Waals surface area contributed by atoms with E-state index in [2.05, 4.69) is 15.5 Å². The first-order valence-corrected chi connectivity index (χ1v) is 10.7. The second-order valence-electron chi connectivity index (χ2n) is 7.74. The Labute approximate surface area is 188 Å². The Balaban J connectivity index is 1.42. The van der Waals surface area contributed by atoms with E-state index < -0.39 is 0 Å². The predicted octanol–water partition coefficient (Wildman–Crippen LogP) is 2.68. The van der Waals surface area contributed by atoms with Gasteiger partial charge in [-0.25, -0.2) is 0 Å². The highest BCUT2D eigenvalue weighted by molar-refractivity contribution is 5.92. The number of ether oxygens (including phenoxy) is 3. The molecule has 2 aromatic rings. The van der Waals surface area contributed by atoms with Crippen molar-refractivity contribution in [1.82, 2.24) is 10.2 Å². The zero-order valence-corrected chi connectivity index (χ0v) is 18.8. The van der Waals surface area contributed by atoms with Crippen molar-refractivity contribution in [3.8, 4) is 17.2 Å². The highest BCUT2D eigenvalue weighted by atomic mass is 16.5. The Morgan fingerprint density at radius 2 is 1.72 bits per heavy atom. The van der Waals surface area contributed by atoms with Crippen molar-refractivity contribution >= 4 is 17.5 Å². The van der Waals surface area contributed by atoms with E-state index in [9.17, 15) is 9.59 Å². The lowest BCUT2D eigenvalue weighted by atomic mass is 9.96. The molecule has 172 valence electrons. The Kier molecular flexibility index (Phi) is 8.33. The van der Waals surface area contributed by atoms with Crippen LogP contribution < -0.4 is 24.8 Å². The molecule has 8 heteroatoms.